The third-order valence-corrected chi connectivity index (χ3v) is 5.57. The van der Waals surface area contributed by atoms with Crippen LogP contribution in [0.4, 0.5) is 5.00 Å². The number of nitrogens with zero attached hydrogens (tertiary/aromatic N) is 1. The zero-order chi connectivity index (χ0) is 17.1. The molecule has 0 saturated heterocycles. The molecule has 4 nitrogen and oxygen atoms in total. The van der Waals surface area contributed by atoms with E-state index in [1.807, 2.05) is 19.1 Å². The number of hydrogen-bond acceptors (Lipinski definition) is 5. The van der Waals surface area contributed by atoms with Crippen LogP contribution in [0.15, 0.2) is 24.3 Å². The summed E-state index contributed by atoms with van der Waals surface area (Å²) >= 11 is 7.44. The third-order valence-electron chi connectivity index (χ3n) is 4.27. The Kier molecular flexibility index (Phi) is 5.43. The van der Waals surface area contributed by atoms with Gasteiger partial charge < -0.3 is 10.5 Å². The number of fused-ring (bicyclic) bond motifs is 1. The Labute approximate surface area is 151 Å². The van der Waals surface area contributed by atoms with E-state index in [1.165, 1.54) is 21.8 Å². The minimum absolute atomic E-state index is 0.290. The van der Waals surface area contributed by atoms with Gasteiger partial charge >= 0.3 is 5.97 Å². The van der Waals surface area contributed by atoms with Gasteiger partial charge in [-0.3, -0.25) is 4.90 Å². The predicted molar refractivity (Wildman–Crippen MR) is 98.8 cm³/mol. The number of halogens is 1. The zero-order valence-electron chi connectivity index (χ0n) is 13.7. The molecule has 6 heteroatoms. The van der Waals surface area contributed by atoms with Gasteiger partial charge in [-0.25, -0.2) is 4.79 Å². The predicted octanol–water partition coefficient (Wildman–Crippen LogP) is 3.76. The molecule has 1 aromatic carbocycles. The van der Waals surface area contributed by atoms with Crippen molar-refractivity contribution in [2.45, 2.75) is 26.3 Å². The quantitative estimate of drug-likeness (QED) is 0.821. The molecule has 0 fully saturated rings. The Morgan fingerprint density at radius 3 is 2.83 bits per heavy atom. The molecule has 3 rings (SSSR count). The SMILES string of the molecule is CCOC(=O)c1c(N)sc2c1CCN(CCc1ccc(Cl)cc1)C2. The number of carbonyl (C=O) groups excluding carboxylic acids is 1. The van der Waals surface area contributed by atoms with Crippen LogP contribution in [-0.2, 0) is 24.1 Å². The van der Waals surface area contributed by atoms with Gasteiger partial charge in [-0.15, -0.1) is 11.3 Å². The van der Waals surface area contributed by atoms with Crippen molar-refractivity contribution in [1.29, 1.82) is 0 Å². The van der Waals surface area contributed by atoms with Gasteiger partial charge in [0, 0.05) is 29.5 Å². The van der Waals surface area contributed by atoms with E-state index in [1.54, 1.807) is 0 Å². The van der Waals surface area contributed by atoms with Gasteiger partial charge in [0.25, 0.3) is 0 Å². The number of nitrogen functional groups attached to an aromatic ring is 1. The largest absolute Gasteiger partial charge is 0.462 e. The first-order valence-corrected chi connectivity index (χ1v) is 9.32. The molecule has 128 valence electrons. The smallest absolute Gasteiger partial charge is 0.341 e. The lowest BCUT2D eigenvalue weighted by molar-refractivity contribution is 0.0526. The molecule has 0 amide bonds. The van der Waals surface area contributed by atoms with Gasteiger partial charge in [0.2, 0.25) is 0 Å². The number of rotatable bonds is 5. The summed E-state index contributed by atoms with van der Waals surface area (Å²) in [5, 5.41) is 1.35. The fraction of sp³-hybridized carbons (Fsp3) is 0.389. The Bertz CT molecular complexity index is 727. The van der Waals surface area contributed by atoms with Crippen LogP contribution in [0.2, 0.25) is 5.02 Å². The van der Waals surface area contributed by atoms with Gasteiger partial charge in [-0.05, 0) is 43.0 Å². The lowest BCUT2D eigenvalue weighted by atomic mass is 10.0. The molecule has 2 N–H and O–H groups in total. The van der Waals surface area contributed by atoms with Crippen molar-refractivity contribution >= 4 is 33.9 Å². The van der Waals surface area contributed by atoms with E-state index >= 15 is 0 Å². The molecule has 0 saturated carbocycles. The topological polar surface area (TPSA) is 55.6 Å². The van der Waals surface area contributed by atoms with E-state index in [9.17, 15) is 4.79 Å². The first kappa shape index (κ1) is 17.3. The summed E-state index contributed by atoms with van der Waals surface area (Å²) < 4.78 is 5.14. The van der Waals surface area contributed by atoms with Gasteiger partial charge in [-0.1, -0.05) is 23.7 Å². The first-order chi connectivity index (χ1) is 11.6. The van der Waals surface area contributed by atoms with Crippen LogP contribution in [0.3, 0.4) is 0 Å². The molecule has 2 heterocycles. The monoisotopic (exact) mass is 364 g/mol. The van der Waals surface area contributed by atoms with Gasteiger partial charge in [0.05, 0.1) is 12.2 Å². The van der Waals surface area contributed by atoms with E-state index < -0.39 is 0 Å². The second-order valence-electron chi connectivity index (χ2n) is 5.87. The molecule has 2 aromatic rings. The van der Waals surface area contributed by atoms with Crippen LogP contribution in [0.25, 0.3) is 0 Å². The Hall–Kier alpha value is -1.56. The summed E-state index contributed by atoms with van der Waals surface area (Å²) in [5.74, 6) is -0.290. The van der Waals surface area contributed by atoms with Crippen LogP contribution in [0.5, 0.6) is 0 Å². The maximum absolute atomic E-state index is 12.1. The van der Waals surface area contributed by atoms with Gasteiger partial charge in [0.15, 0.2) is 0 Å². The first-order valence-electron chi connectivity index (χ1n) is 8.12. The van der Waals surface area contributed by atoms with Crippen molar-refractivity contribution in [1.82, 2.24) is 4.90 Å². The number of nitrogens with two attached hydrogens (primary N) is 1. The van der Waals surface area contributed by atoms with E-state index in [2.05, 4.69) is 17.0 Å². The number of ether oxygens (including phenoxy) is 1. The maximum atomic E-state index is 12.1. The summed E-state index contributed by atoms with van der Waals surface area (Å²) in [7, 11) is 0. The molecular weight excluding hydrogens is 344 g/mol. The third kappa shape index (κ3) is 3.74. The molecule has 1 aliphatic heterocycles. The van der Waals surface area contributed by atoms with Crippen molar-refractivity contribution in [3.05, 3.63) is 50.9 Å². The van der Waals surface area contributed by atoms with Crippen molar-refractivity contribution < 1.29 is 9.53 Å². The second-order valence-corrected chi connectivity index (χ2v) is 7.44. The highest BCUT2D eigenvalue weighted by molar-refractivity contribution is 7.16. The summed E-state index contributed by atoms with van der Waals surface area (Å²) in [6.45, 7) is 4.94. The van der Waals surface area contributed by atoms with Gasteiger partial charge in [-0.2, -0.15) is 0 Å². The number of benzene rings is 1. The highest BCUT2D eigenvalue weighted by Gasteiger charge is 2.27. The second kappa shape index (κ2) is 7.55. The molecule has 24 heavy (non-hydrogen) atoms. The van der Waals surface area contributed by atoms with E-state index in [-0.39, 0.29) is 5.97 Å². The van der Waals surface area contributed by atoms with Crippen molar-refractivity contribution in [2.24, 2.45) is 0 Å². The average molecular weight is 365 g/mol. The molecule has 0 bridgehead atoms. The molecule has 0 aliphatic carbocycles. The highest BCUT2D eigenvalue weighted by atomic mass is 35.5. The normalized spacial score (nSPS) is 14.4. The van der Waals surface area contributed by atoms with Gasteiger partial charge in [0.1, 0.15) is 5.00 Å². The lowest BCUT2D eigenvalue weighted by Crippen LogP contribution is -2.32. The molecule has 0 radical (unpaired) electrons. The fourth-order valence-electron chi connectivity index (χ4n) is 3.03. The Morgan fingerprint density at radius 2 is 2.12 bits per heavy atom. The van der Waals surface area contributed by atoms with Crippen LogP contribution >= 0.6 is 22.9 Å². The minimum atomic E-state index is -0.290. The Balaban J connectivity index is 1.65. The van der Waals surface area contributed by atoms with Crippen LogP contribution in [0.1, 0.15) is 33.3 Å². The van der Waals surface area contributed by atoms with Crippen molar-refractivity contribution in [2.75, 3.05) is 25.4 Å². The number of hydrogen-bond donors (Lipinski definition) is 1. The average Bonchev–Trinajstić information content (AvgIpc) is 2.89. The summed E-state index contributed by atoms with van der Waals surface area (Å²) in [6, 6.07) is 7.99. The molecule has 0 spiro atoms. The van der Waals surface area contributed by atoms with Crippen LogP contribution in [-0.4, -0.2) is 30.6 Å². The number of anilines is 1. The standard InChI is InChI=1S/C18H21ClN2O2S/c1-2-23-18(22)16-14-8-10-21(11-15(14)24-17(16)20)9-7-12-3-5-13(19)6-4-12/h3-6H,2,7-11,20H2,1H3. The Morgan fingerprint density at radius 1 is 1.38 bits per heavy atom. The molecule has 1 aromatic heterocycles. The number of carbonyl (C=O) groups is 1. The highest BCUT2D eigenvalue weighted by Crippen LogP contribution is 2.35. The van der Waals surface area contributed by atoms with E-state index in [0.717, 1.165) is 43.1 Å². The number of thiophene rings is 1. The fourth-order valence-corrected chi connectivity index (χ4v) is 4.31. The lowest BCUT2D eigenvalue weighted by Gasteiger charge is -2.27. The summed E-state index contributed by atoms with van der Waals surface area (Å²) in [4.78, 5) is 15.7. The van der Waals surface area contributed by atoms with E-state index in [4.69, 9.17) is 22.1 Å². The minimum Gasteiger partial charge on any atom is -0.462 e. The van der Waals surface area contributed by atoms with Crippen molar-refractivity contribution in [3.63, 3.8) is 0 Å². The van der Waals surface area contributed by atoms with Crippen LogP contribution < -0.4 is 5.73 Å². The molecule has 0 unspecified atom stereocenters. The molecular formula is C18H21ClN2O2S. The maximum Gasteiger partial charge on any atom is 0.341 e. The molecule has 1 aliphatic rings. The number of esters is 1. The zero-order valence-corrected chi connectivity index (χ0v) is 15.3. The molecule has 0 atom stereocenters. The summed E-state index contributed by atoms with van der Waals surface area (Å²) in [6.07, 6.45) is 1.83. The van der Waals surface area contributed by atoms with Crippen molar-refractivity contribution in [3.8, 4) is 0 Å². The summed E-state index contributed by atoms with van der Waals surface area (Å²) in [5.41, 5.74) is 9.02. The van der Waals surface area contributed by atoms with Crippen LogP contribution in [0, 0.1) is 0 Å². The van der Waals surface area contributed by atoms with E-state index in [0.29, 0.717) is 17.2 Å².